The van der Waals surface area contributed by atoms with E-state index in [1.165, 1.54) is 0 Å². The van der Waals surface area contributed by atoms with E-state index in [9.17, 15) is 0 Å². The second-order valence-corrected chi connectivity index (χ2v) is 6.59. The Labute approximate surface area is 156 Å². The monoisotopic (exact) mass is 367 g/mol. The van der Waals surface area contributed by atoms with Gasteiger partial charge in [-0.05, 0) is 18.2 Å². The molecule has 27 heavy (non-hydrogen) atoms. The maximum absolute atomic E-state index is 5.47. The normalized spacial score (nSPS) is 18.2. The molecular formula is C18H21N7O2. The number of aromatic nitrogens is 5. The Hall–Kier alpha value is -2.78. The van der Waals surface area contributed by atoms with E-state index >= 15 is 0 Å². The zero-order valence-corrected chi connectivity index (χ0v) is 15.0. The number of hydrogen-bond acceptors (Lipinski definition) is 8. The summed E-state index contributed by atoms with van der Waals surface area (Å²) in [6.07, 6.45) is 1.69. The molecular weight excluding hydrogens is 346 g/mol. The van der Waals surface area contributed by atoms with Crippen LogP contribution in [0.25, 0.3) is 22.4 Å². The maximum Gasteiger partial charge on any atom is 0.230 e. The number of fused-ring (bicyclic) bond motifs is 1. The predicted octanol–water partition coefficient (Wildman–Crippen LogP) is 1.09. The van der Waals surface area contributed by atoms with Crippen molar-refractivity contribution in [3.8, 4) is 11.4 Å². The summed E-state index contributed by atoms with van der Waals surface area (Å²) in [7, 11) is 0. The molecule has 0 amide bonds. The van der Waals surface area contributed by atoms with Crippen molar-refractivity contribution in [2.45, 2.75) is 0 Å². The van der Waals surface area contributed by atoms with Crippen molar-refractivity contribution in [3.05, 3.63) is 24.5 Å². The summed E-state index contributed by atoms with van der Waals surface area (Å²) in [5.74, 6) is 2.07. The van der Waals surface area contributed by atoms with Crippen molar-refractivity contribution in [2.75, 3.05) is 62.4 Å². The molecule has 9 nitrogen and oxygen atoms in total. The third-order valence-electron chi connectivity index (χ3n) is 4.88. The van der Waals surface area contributed by atoms with Gasteiger partial charge in [0.05, 0.1) is 43.8 Å². The lowest BCUT2D eigenvalue weighted by molar-refractivity contribution is 0.121. The van der Waals surface area contributed by atoms with Crippen molar-refractivity contribution >= 4 is 22.9 Å². The van der Waals surface area contributed by atoms with Gasteiger partial charge in [0.1, 0.15) is 0 Å². The van der Waals surface area contributed by atoms with Gasteiger partial charge in [-0.2, -0.15) is 15.0 Å². The minimum atomic E-state index is 0.665. The molecule has 2 fully saturated rings. The van der Waals surface area contributed by atoms with E-state index in [1.54, 1.807) is 6.33 Å². The van der Waals surface area contributed by atoms with E-state index in [0.29, 0.717) is 44.1 Å². The van der Waals surface area contributed by atoms with Crippen LogP contribution in [-0.4, -0.2) is 77.5 Å². The number of nitrogens with zero attached hydrogens (tertiary/aromatic N) is 6. The van der Waals surface area contributed by atoms with Crippen LogP contribution in [0.1, 0.15) is 0 Å². The molecule has 9 heteroatoms. The van der Waals surface area contributed by atoms with Crippen LogP contribution in [0.5, 0.6) is 0 Å². The topological polar surface area (TPSA) is 92.3 Å². The van der Waals surface area contributed by atoms with Gasteiger partial charge in [0.15, 0.2) is 5.82 Å². The number of morpholine rings is 2. The molecule has 2 aliphatic heterocycles. The average Bonchev–Trinajstić information content (AvgIpc) is 3.22. The zero-order chi connectivity index (χ0) is 18.1. The molecule has 0 atom stereocenters. The lowest BCUT2D eigenvalue weighted by Gasteiger charge is -2.30. The van der Waals surface area contributed by atoms with Gasteiger partial charge >= 0.3 is 0 Å². The highest BCUT2D eigenvalue weighted by atomic mass is 16.5. The Morgan fingerprint density at radius 1 is 0.815 bits per heavy atom. The minimum Gasteiger partial charge on any atom is -0.378 e. The molecule has 0 spiro atoms. The molecule has 2 aliphatic rings. The van der Waals surface area contributed by atoms with Crippen LogP contribution in [0.3, 0.4) is 0 Å². The molecule has 0 bridgehead atoms. The third-order valence-corrected chi connectivity index (χ3v) is 4.88. The number of anilines is 2. The lowest BCUT2D eigenvalue weighted by Crippen LogP contribution is -2.40. The molecule has 0 aliphatic carbocycles. The van der Waals surface area contributed by atoms with Crippen LogP contribution >= 0.6 is 0 Å². The molecule has 0 radical (unpaired) electrons. The van der Waals surface area contributed by atoms with E-state index in [0.717, 1.165) is 42.8 Å². The van der Waals surface area contributed by atoms with Crippen molar-refractivity contribution in [1.82, 2.24) is 24.9 Å². The Balaban J connectivity index is 1.57. The smallest absolute Gasteiger partial charge is 0.230 e. The number of benzene rings is 1. The van der Waals surface area contributed by atoms with E-state index in [4.69, 9.17) is 24.4 Å². The SMILES string of the molecule is c1nc2cc(-c3nc(N4CCOCC4)nc(N4CCOCC4)n3)ccc2[nH]1. The maximum atomic E-state index is 5.47. The van der Waals surface area contributed by atoms with E-state index in [2.05, 4.69) is 19.8 Å². The highest BCUT2D eigenvalue weighted by Crippen LogP contribution is 2.24. The first-order valence-corrected chi connectivity index (χ1v) is 9.22. The summed E-state index contributed by atoms with van der Waals surface area (Å²) in [5, 5.41) is 0. The van der Waals surface area contributed by atoms with Crippen molar-refractivity contribution in [2.24, 2.45) is 0 Å². The van der Waals surface area contributed by atoms with E-state index in [1.807, 2.05) is 18.2 Å². The van der Waals surface area contributed by atoms with Gasteiger partial charge in [0.25, 0.3) is 0 Å². The number of imidazole rings is 1. The highest BCUT2D eigenvalue weighted by Gasteiger charge is 2.21. The van der Waals surface area contributed by atoms with Gasteiger partial charge < -0.3 is 24.3 Å². The van der Waals surface area contributed by atoms with Crippen molar-refractivity contribution < 1.29 is 9.47 Å². The first-order valence-electron chi connectivity index (χ1n) is 9.22. The summed E-state index contributed by atoms with van der Waals surface area (Å²) >= 11 is 0. The highest BCUT2D eigenvalue weighted by molar-refractivity contribution is 5.80. The summed E-state index contributed by atoms with van der Waals surface area (Å²) < 4.78 is 10.9. The van der Waals surface area contributed by atoms with Crippen LogP contribution in [0.4, 0.5) is 11.9 Å². The number of ether oxygens (including phenoxy) is 2. The fourth-order valence-electron chi connectivity index (χ4n) is 3.36. The molecule has 2 aromatic heterocycles. The van der Waals surface area contributed by atoms with Gasteiger partial charge in [-0.15, -0.1) is 0 Å². The Morgan fingerprint density at radius 3 is 2.07 bits per heavy atom. The molecule has 0 saturated carbocycles. The Kier molecular flexibility index (Phi) is 4.30. The minimum absolute atomic E-state index is 0.665. The summed E-state index contributed by atoms with van der Waals surface area (Å²) in [5.41, 5.74) is 2.82. The first kappa shape index (κ1) is 16.4. The fraction of sp³-hybridized carbons (Fsp3) is 0.444. The van der Waals surface area contributed by atoms with Gasteiger partial charge in [0.2, 0.25) is 11.9 Å². The van der Waals surface area contributed by atoms with E-state index in [-0.39, 0.29) is 0 Å². The summed E-state index contributed by atoms with van der Waals surface area (Å²) in [6.45, 7) is 5.88. The fourth-order valence-corrected chi connectivity index (χ4v) is 3.36. The second kappa shape index (κ2) is 7.09. The number of rotatable bonds is 3. The van der Waals surface area contributed by atoms with E-state index < -0.39 is 0 Å². The summed E-state index contributed by atoms with van der Waals surface area (Å²) in [6, 6.07) is 6.03. The molecule has 2 saturated heterocycles. The predicted molar refractivity (Wildman–Crippen MR) is 101 cm³/mol. The molecule has 5 rings (SSSR count). The van der Waals surface area contributed by atoms with Crippen LogP contribution in [0.2, 0.25) is 0 Å². The van der Waals surface area contributed by atoms with Crippen molar-refractivity contribution in [3.63, 3.8) is 0 Å². The second-order valence-electron chi connectivity index (χ2n) is 6.59. The summed E-state index contributed by atoms with van der Waals surface area (Å²) in [4.78, 5) is 26.1. The van der Waals surface area contributed by atoms with Crippen LogP contribution in [0.15, 0.2) is 24.5 Å². The van der Waals surface area contributed by atoms with Crippen LogP contribution < -0.4 is 9.80 Å². The quantitative estimate of drug-likeness (QED) is 0.735. The van der Waals surface area contributed by atoms with Gasteiger partial charge in [-0.1, -0.05) is 0 Å². The average molecular weight is 367 g/mol. The third kappa shape index (κ3) is 3.31. The first-order chi connectivity index (χ1) is 13.4. The Morgan fingerprint density at radius 2 is 1.44 bits per heavy atom. The molecule has 1 N–H and O–H groups in total. The van der Waals surface area contributed by atoms with Crippen LogP contribution in [0, 0.1) is 0 Å². The molecule has 0 unspecified atom stereocenters. The number of nitrogens with one attached hydrogen (secondary N) is 1. The number of H-pyrrole nitrogens is 1. The van der Waals surface area contributed by atoms with Gasteiger partial charge in [-0.25, -0.2) is 4.98 Å². The number of hydrogen-bond donors (Lipinski definition) is 1. The Bertz CT molecular complexity index is 896. The van der Waals surface area contributed by atoms with Crippen LogP contribution in [-0.2, 0) is 9.47 Å². The number of aromatic amines is 1. The van der Waals surface area contributed by atoms with Gasteiger partial charge in [-0.3, -0.25) is 0 Å². The molecule has 140 valence electrons. The molecule has 1 aromatic carbocycles. The van der Waals surface area contributed by atoms with Gasteiger partial charge in [0, 0.05) is 31.7 Å². The molecule has 3 aromatic rings. The lowest BCUT2D eigenvalue weighted by atomic mass is 10.2. The largest absolute Gasteiger partial charge is 0.378 e. The standard InChI is InChI=1S/C18H21N7O2/c1-2-14-15(20-12-19-14)11-13(1)16-21-17(24-3-7-26-8-4-24)23-18(22-16)25-5-9-27-10-6-25/h1-2,11-12H,3-10H2,(H,19,20). The zero-order valence-electron chi connectivity index (χ0n) is 15.0. The molecule has 4 heterocycles. The van der Waals surface area contributed by atoms with Crippen molar-refractivity contribution in [1.29, 1.82) is 0 Å².